The number of benzene rings is 1. The van der Waals surface area contributed by atoms with Crippen LogP contribution in [0.2, 0.25) is 5.02 Å². The van der Waals surface area contributed by atoms with Crippen molar-refractivity contribution in [2.45, 2.75) is 6.10 Å². The van der Waals surface area contributed by atoms with Crippen molar-refractivity contribution in [2.24, 2.45) is 0 Å². The zero-order valence-corrected chi connectivity index (χ0v) is 13.2. The fraction of sp³-hybridized carbons (Fsp3) is 0.467. The summed E-state index contributed by atoms with van der Waals surface area (Å²) in [6.45, 7) is 1.92. The van der Waals surface area contributed by atoms with E-state index in [1.165, 1.54) is 4.90 Å². The number of hydrogen-bond donors (Lipinski definition) is 1. The Bertz CT molecular complexity index is 624. The summed E-state index contributed by atoms with van der Waals surface area (Å²) in [7, 11) is 0. The van der Waals surface area contributed by atoms with Gasteiger partial charge in [0.1, 0.15) is 12.4 Å². The summed E-state index contributed by atoms with van der Waals surface area (Å²) in [4.78, 5) is 26.9. The molecule has 1 aromatic carbocycles. The smallest absolute Gasteiger partial charge is 0.334 e. The number of nitrogens with zero attached hydrogens (tertiary/aromatic N) is 2. The van der Waals surface area contributed by atoms with E-state index in [1.54, 1.807) is 18.2 Å². The summed E-state index contributed by atoms with van der Waals surface area (Å²) < 4.78 is 10.7. The summed E-state index contributed by atoms with van der Waals surface area (Å²) in [5.74, 6) is -0.489. The van der Waals surface area contributed by atoms with Crippen molar-refractivity contribution in [1.29, 1.82) is 0 Å². The first-order valence-corrected chi connectivity index (χ1v) is 7.72. The van der Waals surface area contributed by atoms with Gasteiger partial charge in [-0.1, -0.05) is 11.6 Å². The molecule has 0 radical (unpaired) electrons. The van der Waals surface area contributed by atoms with E-state index < -0.39 is 12.1 Å². The molecule has 1 aromatic rings. The molecule has 1 saturated heterocycles. The van der Waals surface area contributed by atoms with Crippen LogP contribution in [-0.2, 0) is 14.3 Å². The molecule has 23 heavy (non-hydrogen) atoms. The second-order valence-corrected chi connectivity index (χ2v) is 5.86. The van der Waals surface area contributed by atoms with Crippen LogP contribution in [0.1, 0.15) is 0 Å². The van der Waals surface area contributed by atoms with Crippen LogP contribution < -0.4 is 9.64 Å². The van der Waals surface area contributed by atoms with Crippen LogP contribution in [-0.4, -0.2) is 67.4 Å². The third kappa shape index (κ3) is 3.51. The van der Waals surface area contributed by atoms with E-state index in [0.717, 1.165) is 5.69 Å². The van der Waals surface area contributed by atoms with Crippen LogP contribution >= 0.6 is 11.6 Å². The maximum atomic E-state index is 12.5. The quantitative estimate of drug-likeness (QED) is 0.879. The van der Waals surface area contributed by atoms with Crippen molar-refractivity contribution in [3.05, 3.63) is 23.2 Å². The van der Waals surface area contributed by atoms with Gasteiger partial charge < -0.3 is 24.4 Å². The van der Waals surface area contributed by atoms with Gasteiger partial charge >= 0.3 is 5.97 Å². The number of amides is 1. The Hall–Kier alpha value is -1.99. The molecule has 2 aliphatic rings. The molecule has 1 fully saturated rings. The fourth-order valence-electron chi connectivity index (χ4n) is 2.70. The van der Waals surface area contributed by atoms with Gasteiger partial charge in [0.05, 0.1) is 31.9 Å². The predicted octanol–water partition coefficient (Wildman–Crippen LogP) is 0.851. The van der Waals surface area contributed by atoms with Crippen molar-refractivity contribution in [1.82, 2.24) is 4.90 Å². The van der Waals surface area contributed by atoms with Crippen molar-refractivity contribution in [3.8, 4) is 5.75 Å². The first kappa shape index (κ1) is 15.9. The molecule has 0 spiro atoms. The minimum atomic E-state index is -1.05. The Morgan fingerprint density at radius 3 is 2.91 bits per heavy atom. The summed E-state index contributed by atoms with van der Waals surface area (Å²) in [6.07, 6.45) is -0.959. The molecule has 7 nitrogen and oxygen atoms in total. The zero-order chi connectivity index (χ0) is 16.4. The van der Waals surface area contributed by atoms with E-state index >= 15 is 0 Å². The summed E-state index contributed by atoms with van der Waals surface area (Å²) in [6, 6.07) is 5.29. The second kappa shape index (κ2) is 6.64. The molecule has 0 aromatic heterocycles. The lowest BCUT2D eigenvalue weighted by Gasteiger charge is -2.35. The number of fused-ring (bicyclic) bond motifs is 1. The highest BCUT2D eigenvalue weighted by Crippen LogP contribution is 2.33. The Morgan fingerprint density at radius 2 is 2.13 bits per heavy atom. The molecule has 1 atom stereocenters. The van der Waals surface area contributed by atoms with Gasteiger partial charge in [-0.3, -0.25) is 4.79 Å². The Labute approximate surface area is 138 Å². The van der Waals surface area contributed by atoms with Gasteiger partial charge in [-0.05, 0) is 18.2 Å². The number of hydrogen-bond acceptors (Lipinski definition) is 5. The molecule has 3 rings (SSSR count). The van der Waals surface area contributed by atoms with E-state index in [-0.39, 0.29) is 25.6 Å². The van der Waals surface area contributed by atoms with Crippen LogP contribution in [0.25, 0.3) is 0 Å². The first-order chi connectivity index (χ1) is 11.0. The lowest BCUT2D eigenvalue weighted by Crippen LogP contribution is -2.51. The number of carbonyl (C=O) groups excluding carboxylic acids is 1. The number of rotatable bonds is 3. The lowest BCUT2D eigenvalue weighted by molar-refractivity contribution is -0.159. The van der Waals surface area contributed by atoms with Gasteiger partial charge in [-0.2, -0.15) is 0 Å². The first-order valence-electron chi connectivity index (χ1n) is 7.34. The normalized spacial score (nSPS) is 20.7. The Balaban J connectivity index is 1.69. The summed E-state index contributed by atoms with van der Waals surface area (Å²) in [5, 5.41) is 9.59. The van der Waals surface area contributed by atoms with Gasteiger partial charge in [0.25, 0.3) is 0 Å². The molecule has 0 bridgehead atoms. The summed E-state index contributed by atoms with van der Waals surface area (Å²) >= 11 is 6.02. The number of anilines is 1. The molecule has 8 heteroatoms. The third-order valence-corrected chi connectivity index (χ3v) is 4.14. The fourth-order valence-corrected chi connectivity index (χ4v) is 2.87. The largest absolute Gasteiger partial charge is 0.490 e. The van der Waals surface area contributed by atoms with Crippen LogP contribution in [0.4, 0.5) is 5.69 Å². The highest BCUT2D eigenvalue weighted by Gasteiger charge is 2.30. The molecule has 2 aliphatic heterocycles. The maximum absolute atomic E-state index is 12.5. The summed E-state index contributed by atoms with van der Waals surface area (Å²) in [5.41, 5.74) is 0.778. The molecular weight excluding hydrogens is 324 g/mol. The van der Waals surface area contributed by atoms with Gasteiger partial charge in [0.2, 0.25) is 5.91 Å². The van der Waals surface area contributed by atoms with Crippen molar-refractivity contribution in [2.75, 3.05) is 44.3 Å². The van der Waals surface area contributed by atoms with E-state index in [2.05, 4.69) is 0 Å². The van der Waals surface area contributed by atoms with Crippen molar-refractivity contribution >= 4 is 29.2 Å². The second-order valence-electron chi connectivity index (χ2n) is 5.42. The number of morpholine rings is 1. The number of carboxylic acids is 1. The third-order valence-electron chi connectivity index (χ3n) is 3.90. The van der Waals surface area contributed by atoms with Gasteiger partial charge in [0.15, 0.2) is 6.10 Å². The molecule has 0 unspecified atom stereocenters. The standard InChI is InChI=1S/C15H17ClN2O5/c16-10-1-2-12-11(7-10)17(3-5-22-12)9-14(19)18-4-6-23-13(8-18)15(20)21/h1-2,7,13H,3-6,8-9H2,(H,20,21)/t13-/m0/s1. The number of aliphatic carboxylic acids is 1. The van der Waals surface area contributed by atoms with Crippen LogP contribution in [0.5, 0.6) is 5.75 Å². The monoisotopic (exact) mass is 340 g/mol. The zero-order valence-electron chi connectivity index (χ0n) is 12.4. The minimum Gasteiger partial charge on any atom is -0.490 e. The van der Waals surface area contributed by atoms with Crippen LogP contribution in [0.15, 0.2) is 18.2 Å². The van der Waals surface area contributed by atoms with E-state index in [0.29, 0.717) is 30.5 Å². The maximum Gasteiger partial charge on any atom is 0.334 e. The number of halogens is 1. The van der Waals surface area contributed by atoms with E-state index in [1.807, 2.05) is 4.90 Å². The van der Waals surface area contributed by atoms with E-state index in [9.17, 15) is 9.59 Å². The highest BCUT2D eigenvalue weighted by molar-refractivity contribution is 6.31. The highest BCUT2D eigenvalue weighted by atomic mass is 35.5. The molecule has 1 amide bonds. The lowest BCUT2D eigenvalue weighted by atomic mass is 10.2. The van der Waals surface area contributed by atoms with Crippen molar-refractivity contribution in [3.63, 3.8) is 0 Å². The van der Waals surface area contributed by atoms with Crippen LogP contribution in [0.3, 0.4) is 0 Å². The van der Waals surface area contributed by atoms with Gasteiger partial charge in [-0.15, -0.1) is 0 Å². The van der Waals surface area contributed by atoms with Crippen LogP contribution in [0, 0.1) is 0 Å². The average molecular weight is 341 g/mol. The predicted molar refractivity (Wildman–Crippen MR) is 83.1 cm³/mol. The molecule has 2 heterocycles. The minimum absolute atomic E-state index is 0.0703. The van der Waals surface area contributed by atoms with Gasteiger partial charge in [-0.25, -0.2) is 4.79 Å². The molecular formula is C15H17ClN2O5. The van der Waals surface area contributed by atoms with Crippen molar-refractivity contribution < 1.29 is 24.2 Å². The molecule has 0 saturated carbocycles. The Morgan fingerprint density at radius 1 is 1.30 bits per heavy atom. The van der Waals surface area contributed by atoms with Gasteiger partial charge in [0, 0.05) is 11.6 Å². The number of carboxylic acid groups (broad SMARTS) is 1. The Kier molecular flexibility index (Phi) is 4.58. The SMILES string of the molecule is O=C(O)[C@@H]1CN(C(=O)CN2CCOc3ccc(Cl)cc32)CCO1. The average Bonchev–Trinajstić information content (AvgIpc) is 2.55. The molecule has 1 N–H and O–H groups in total. The molecule has 124 valence electrons. The molecule has 0 aliphatic carbocycles. The number of ether oxygens (including phenoxy) is 2. The number of carbonyl (C=O) groups is 2. The van der Waals surface area contributed by atoms with E-state index in [4.69, 9.17) is 26.2 Å². The topological polar surface area (TPSA) is 79.3 Å².